The minimum atomic E-state index is -4.07. The summed E-state index contributed by atoms with van der Waals surface area (Å²) in [7, 11) is -4.07. The maximum atomic E-state index is 14.5. The van der Waals surface area contributed by atoms with Crippen molar-refractivity contribution in [1.29, 1.82) is 0 Å². The Morgan fingerprint density at radius 2 is 1.85 bits per heavy atom. The third kappa shape index (κ3) is 4.25. The fraction of sp³-hybridized carbons (Fsp3) is 0.391. The van der Waals surface area contributed by atoms with Gasteiger partial charge in [-0.25, -0.2) is 13.3 Å². The average molecular weight is 489 g/mol. The Balaban J connectivity index is 1.49. The van der Waals surface area contributed by atoms with Crippen LogP contribution in [0, 0.1) is 11.6 Å². The molecule has 0 amide bonds. The molecule has 34 heavy (non-hydrogen) atoms. The normalized spacial score (nSPS) is 20.4. The van der Waals surface area contributed by atoms with Crippen molar-refractivity contribution < 1.29 is 22.3 Å². The van der Waals surface area contributed by atoms with E-state index in [1.165, 1.54) is 21.1 Å². The van der Waals surface area contributed by atoms with Gasteiger partial charge in [0, 0.05) is 48.5 Å². The standard InChI is InChI=1S/C23H25F2N5O3S/c24-16-6-7-20(25)18(13-16)21-5-4-11-29(21)17-8-12-30-22(14-17)19(15-26-30)23(31)27-34(32,33)28-9-2-1-3-10-28/h6-8,12-15,21H,1-5,9-11H2,(H,27,31)/p-1/t21-/m1/s1. The molecule has 2 aromatic heterocycles. The van der Waals surface area contributed by atoms with Crippen LogP contribution in [0.25, 0.3) is 5.52 Å². The minimum absolute atomic E-state index is 0.0649. The van der Waals surface area contributed by atoms with E-state index in [4.69, 9.17) is 0 Å². The first kappa shape index (κ1) is 22.7. The minimum Gasteiger partial charge on any atom is -0.857 e. The van der Waals surface area contributed by atoms with Gasteiger partial charge < -0.3 is 10.0 Å². The molecule has 0 spiro atoms. The third-order valence-electron chi connectivity index (χ3n) is 6.48. The van der Waals surface area contributed by atoms with Crippen LogP contribution < -0.4 is 10.0 Å². The molecule has 3 aromatic rings. The van der Waals surface area contributed by atoms with Crippen LogP contribution in [-0.4, -0.2) is 47.9 Å². The first-order valence-electron chi connectivity index (χ1n) is 11.3. The predicted octanol–water partition coefficient (Wildman–Crippen LogP) is 2.79. The average Bonchev–Trinajstić information content (AvgIpc) is 3.48. The second kappa shape index (κ2) is 8.95. The molecule has 11 heteroatoms. The van der Waals surface area contributed by atoms with E-state index in [9.17, 15) is 22.3 Å². The molecule has 0 radical (unpaired) electrons. The Labute approximate surface area is 196 Å². The lowest BCUT2D eigenvalue weighted by Crippen LogP contribution is -2.36. The summed E-state index contributed by atoms with van der Waals surface area (Å²) in [4.78, 5) is 1.96. The van der Waals surface area contributed by atoms with Gasteiger partial charge in [-0.3, -0.25) is 0 Å². The number of fused-ring (bicyclic) bond motifs is 1. The molecule has 0 unspecified atom stereocenters. The molecule has 8 nitrogen and oxygen atoms in total. The molecule has 0 aliphatic carbocycles. The molecule has 180 valence electrons. The highest BCUT2D eigenvalue weighted by molar-refractivity contribution is 7.87. The molecule has 1 atom stereocenters. The summed E-state index contributed by atoms with van der Waals surface area (Å²) in [6.07, 6.45) is 6.83. The van der Waals surface area contributed by atoms with Crippen molar-refractivity contribution in [3.63, 3.8) is 0 Å². The van der Waals surface area contributed by atoms with Gasteiger partial charge in [0.05, 0.1) is 17.8 Å². The van der Waals surface area contributed by atoms with Crippen molar-refractivity contribution in [3.05, 3.63) is 65.5 Å². The van der Waals surface area contributed by atoms with Crippen molar-refractivity contribution in [1.82, 2.24) is 13.9 Å². The van der Waals surface area contributed by atoms with Gasteiger partial charge in [0.15, 0.2) is 0 Å². The van der Waals surface area contributed by atoms with Gasteiger partial charge >= 0.3 is 10.2 Å². The molecular weight excluding hydrogens is 464 g/mol. The summed E-state index contributed by atoms with van der Waals surface area (Å²) < 4.78 is 59.7. The molecule has 2 saturated heterocycles. The molecule has 2 aliphatic heterocycles. The fourth-order valence-corrected chi connectivity index (χ4v) is 5.93. The number of piperidine rings is 1. The maximum absolute atomic E-state index is 14.5. The maximum Gasteiger partial charge on any atom is 0.321 e. The molecule has 2 fully saturated rings. The second-order valence-electron chi connectivity index (χ2n) is 8.62. The van der Waals surface area contributed by atoms with Crippen LogP contribution in [-0.2, 0) is 10.2 Å². The highest BCUT2D eigenvalue weighted by atomic mass is 32.2. The van der Waals surface area contributed by atoms with Crippen LogP contribution in [0.3, 0.4) is 0 Å². The number of aromatic nitrogens is 2. The van der Waals surface area contributed by atoms with Crippen molar-refractivity contribution >= 4 is 27.3 Å². The summed E-state index contributed by atoms with van der Waals surface area (Å²) in [5.74, 6) is -1.85. The zero-order valence-corrected chi connectivity index (χ0v) is 19.2. The molecule has 4 heterocycles. The molecule has 0 N–H and O–H groups in total. The number of halogens is 2. The quantitative estimate of drug-likeness (QED) is 0.407. The van der Waals surface area contributed by atoms with Crippen LogP contribution in [0.1, 0.15) is 49.3 Å². The largest absolute Gasteiger partial charge is 0.857 e. The lowest BCUT2D eigenvalue weighted by atomic mass is 10.0. The van der Waals surface area contributed by atoms with E-state index in [2.05, 4.69) is 9.50 Å². The number of anilines is 1. The van der Waals surface area contributed by atoms with Crippen molar-refractivity contribution in [2.24, 2.45) is 4.40 Å². The molecule has 5 rings (SSSR count). The van der Waals surface area contributed by atoms with Gasteiger partial charge in [-0.15, -0.1) is 0 Å². The van der Waals surface area contributed by atoms with Crippen molar-refractivity contribution in [2.75, 3.05) is 24.5 Å². The topological polar surface area (TPSA) is 93.3 Å². The summed E-state index contributed by atoms with van der Waals surface area (Å²) in [6, 6.07) is 6.57. The SMILES string of the molecule is O=S(=O)(/N=C(\[O-])c1cnn2ccc(N3CCC[C@@H]3c3cc(F)ccc3F)cc12)N1CCCCC1. The predicted molar refractivity (Wildman–Crippen MR) is 122 cm³/mol. The molecular formula is C23H24F2N5O3S-. The zero-order chi connectivity index (χ0) is 23.9. The first-order chi connectivity index (χ1) is 16.3. The molecule has 0 bridgehead atoms. The van der Waals surface area contributed by atoms with Gasteiger partial charge in [0.2, 0.25) is 0 Å². The Bertz CT molecular complexity index is 1350. The molecule has 1 aromatic carbocycles. The number of hydrogen-bond donors (Lipinski definition) is 0. The van der Waals surface area contributed by atoms with Gasteiger partial charge in [-0.1, -0.05) is 6.42 Å². The smallest absolute Gasteiger partial charge is 0.321 e. The summed E-state index contributed by atoms with van der Waals surface area (Å²) in [5, 5.41) is 17.0. The van der Waals surface area contributed by atoms with E-state index in [0.717, 1.165) is 37.8 Å². The highest BCUT2D eigenvalue weighted by Gasteiger charge is 2.29. The number of rotatable bonds is 5. The van der Waals surface area contributed by atoms with Crippen LogP contribution in [0.2, 0.25) is 0 Å². The van der Waals surface area contributed by atoms with E-state index < -0.39 is 27.7 Å². The number of nitrogens with zero attached hydrogens (tertiary/aromatic N) is 5. The van der Waals surface area contributed by atoms with Gasteiger partial charge in [0.1, 0.15) is 11.6 Å². The van der Waals surface area contributed by atoms with E-state index in [1.807, 2.05) is 4.90 Å². The van der Waals surface area contributed by atoms with E-state index >= 15 is 0 Å². The van der Waals surface area contributed by atoms with Crippen molar-refractivity contribution in [3.8, 4) is 0 Å². The number of benzene rings is 1. The van der Waals surface area contributed by atoms with Crippen LogP contribution in [0.4, 0.5) is 14.5 Å². The van der Waals surface area contributed by atoms with Crippen LogP contribution >= 0.6 is 0 Å². The first-order valence-corrected chi connectivity index (χ1v) is 12.7. The van der Waals surface area contributed by atoms with E-state index in [-0.39, 0.29) is 17.2 Å². The highest BCUT2D eigenvalue weighted by Crippen LogP contribution is 2.38. The summed E-state index contributed by atoms with van der Waals surface area (Å²) >= 11 is 0. The third-order valence-corrected chi connectivity index (χ3v) is 7.89. The second-order valence-corrected chi connectivity index (χ2v) is 10.2. The van der Waals surface area contributed by atoms with Gasteiger partial charge in [0.25, 0.3) is 0 Å². The lowest BCUT2D eigenvalue weighted by Gasteiger charge is -2.28. The Hall–Kier alpha value is -3.05. The Morgan fingerprint density at radius 3 is 2.65 bits per heavy atom. The van der Waals surface area contributed by atoms with Gasteiger partial charge in [-0.2, -0.15) is 22.2 Å². The van der Waals surface area contributed by atoms with Gasteiger partial charge in [-0.05, 0) is 56.0 Å². The van der Waals surface area contributed by atoms with E-state index in [0.29, 0.717) is 37.3 Å². The fourth-order valence-electron chi connectivity index (χ4n) is 4.79. The lowest BCUT2D eigenvalue weighted by molar-refractivity contribution is -0.212. The number of pyridine rings is 1. The Kier molecular flexibility index (Phi) is 5.98. The van der Waals surface area contributed by atoms with Crippen LogP contribution in [0.15, 0.2) is 47.1 Å². The monoisotopic (exact) mass is 488 g/mol. The Morgan fingerprint density at radius 1 is 1.06 bits per heavy atom. The van der Waals surface area contributed by atoms with E-state index in [1.54, 1.807) is 18.3 Å². The number of hydrogen-bond acceptors (Lipinski definition) is 5. The van der Waals surface area contributed by atoms with Crippen LogP contribution in [0.5, 0.6) is 0 Å². The summed E-state index contributed by atoms with van der Waals surface area (Å²) in [6.45, 7) is 1.33. The molecule has 0 saturated carbocycles. The summed E-state index contributed by atoms with van der Waals surface area (Å²) in [5.41, 5.74) is 1.44. The molecule has 2 aliphatic rings. The zero-order valence-electron chi connectivity index (χ0n) is 18.4. The van der Waals surface area contributed by atoms with Crippen molar-refractivity contribution in [2.45, 2.75) is 38.1 Å².